The van der Waals surface area contributed by atoms with E-state index in [2.05, 4.69) is 6.07 Å². The Hall–Kier alpha value is -1.82. The van der Waals surface area contributed by atoms with E-state index in [1.165, 1.54) is 0 Å². The number of carbonyl (C=O) groups is 1. The predicted molar refractivity (Wildman–Crippen MR) is 52.4 cm³/mol. The monoisotopic (exact) mass is 199 g/mol. The maximum Gasteiger partial charge on any atom is 0.177 e. The fourth-order valence-corrected chi connectivity index (χ4v) is 2.21. The van der Waals surface area contributed by atoms with Crippen molar-refractivity contribution in [3.63, 3.8) is 0 Å². The van der Waals surface area contributed by atoms with Gasteiger partial charge in [-0.05, 0) is 18.6 Å². The van der Waals surface area contributed by atoms with E-state index in [9.17, 15) is 4.79 Å². The third-order valence-corrected chi connectivity index (χ3v) is 3.30. The number of benzene rings is 1. The van der Waals surface area contributed by atoms with Crippen LogP contribution in [0.1, 0.15) is 16.8 Å². The molecule has 3 rings (SSSR count). The van der Waals surface area contributed by atoms with Crippen molar-refractivity contribution in [2.75, 3.05) is 6.61 Å². The minimum absolute atomic E-state index is 0.0795. The van der Waals surface area contributed by atoms with Gasteiger partial charge in [-0.3, -0.25) is 4.79 Å². The van der Waals surface area contributed by atoms with Gasteiger partial charge in [0.15, 0.2) is 5.78 Å². The molecular weight excluding hydrogens is 190 g/mol. The molecule has 3 heteroatoms. The summed E-state index contributed by atoms with van der Waals surface area (Å²) in [5.41, 5.74) is 0.102. The second-order valence-corrected chi connectivity index (χ2v) is 4.16. The minimum atomic E-state index is -0.525. The number of hydrogen-bond donors (Lipinski definition) is 0. The minimum Gasteiger partial charge on any atom is -0.492 e. The van der Waals surface area contributed by atoms with Gasteiger partial charge < -0.3 is 4.74 Å². The van der Waals surface area contributed by atoms with Gasteiger partial charge in [-0.2, -0.15) is 5.26 Å². The molecule has 0 amide bonds. The van der Waals surface area contributed by atoms with Crippen molar-refractivity contribution in [2.45, 2.75) is 6.42 Å². The van der Waals surface area contributed by atoms with Crippen LogP contribution in [0.2, 0.25) is 0 Å². The van der Waals surface area contributed by atoms with Crippen molar-refractivity contribution in [1.82, 2.24) is 0 Å². The van der Waals surface area contributed by atoms with Crippen LogP contribution in [0.4, 0.5) is 0 Å². The van der Waals surface area contributed by atoms with E-state index in [0.29, 0.717) is 24.3 Å². The van der Waals surface area contributed by atoms with Crippen LogP contribution in [-0.2, 0) is 0 Å². The molecular formula is C12H9NO2. The number of ether oxygens (including phenoxy) is 1. The fourth-order valence-electron chi connectivity index (χ4n) is 2.21. The first-order valence-corrected chi connectivity index (χ1v) is 4.94. The van der Waals surface area contributed by atoms with Crippen LogP contribution >= 0.6 is 0 Å². The molecule has 1 spiro atoms. The van der Waals surface area contributed by atoms with E-state index in [1.54, 1.807) is 12.1 Å². The van der Waals surface area contributed by atoms with Crippen molar-refractivity contribution >= 4 is 5.78 Å². The van der Waals surface area contributed by atoms with E-state index in [1.807, 2.05) is 12.1 Å². The molecule has 0 unspecified atom stereocenters. The molecule has 1 aliphatic heterocycles. The largest absolute Gasteiger partial charge is 0.492 e. The van der Waals surface area contributed by atoms with Gasteiger partial charge in [-0.1, -0.05) is 12.1 Å². The Kier molecular flexibility index (Phi) is 1.47. The number of nitriles is 1. The lowest BCUT2D eigenvalue weighted by Gasteiger charge is -2.23. The highest BCUT2D eigenvalue weighted by molar-refractivity contribution is 6.06. The number of para-hydroxylation sites is 1. The summed E-state index contributed by atoms with van der Waals surface area (Å²) < 4.78 is 5.53. The quantitative estimate of drug-likeness (QED) is 0.640. The van der Waals surface area contributed by atoms with Crippen LogP contribution < -0.4 is 4.74 Å². The highest BCUT2D eigenvalue weighted by Gasteiger charge is 2.63. The van der Waals surface area contributed by atoms with Gasteiger partial charge in [-0.25, -0.2) is 0 Å². The van der Waals surface area contributed by atoms with Crippen LogP contribution in [0.5, 0.6) is 5.75 Å². The number of nitrogens with zero attached hydrogens (tertiary/aromatic N) is 1. The SMILES string of the molecule is N#C[C@H]1C[C@@]12COc1ccccc1C2=O. The average Bonchev–Trinajstić information content (AvgIpc) is 2.99. The summed E-state index contributed by atoms with van der Waals surface area (Å²) in [5.74, 6) is 0.575. The average molecular weight is 199 g/mol. The maximum atomic E-state index is 12.1. The molecule has 0 radical (unpaired) electrons. The van der Waals surface area contributed by atoms with Gasteiger partial charge in [0.25, 0.3) is 0 Å². The van der Waals surface area contributed by atoms with Gasteiger partial charge in [0, 0.05) is 0 Å². The Morgan fingerprint density at radius 3 is 3.00 bits per heavy atom. The van der Waals surface area contributed by atoms with Gasteiger partial charge in [-0.15, -0.1) is 0 Å². The van der Waals surface area contributed by atoms with E-state index in [4.69, 9.17) is 10.00 Å². The van der Waals surface area contributed by atoms with Gasteiger partial charge in [0.1, 0.15) is 12.4 Å². The van der Waals surface area contributed by atoms with Crippen molar-refractivity contribution in [3.05, 3.63) is 29.8 Å². The molecule has 2 aliphatic rings. The molecule has 1 saturated carbocycles. The standard InChI is InChI=1S/C12H9NO2/c13-6-8-5-12(8)7-15-10-4-2-1-3-9(10)11(12)14/h1-4,8H,5,7H2/t8-,12-/m1/s1. The summed E-state index contributed by atoms with van der Waals surface area (Å²) in [7, 11) is 0. The highest BCUT2D eigenvalue weighted by Crippen LogP contribution is 2.56. The number of fused-ring (bicyclic) bond motifs is 1. The summed E-state index contributed by atoms with van der Waals surface area (Å²) in [5, 5.41) is 8.83. The van der Waals surface area contributed by atoms with Crippen LogP contribution in [0.3, 0.4) is 0 Å². The molecule has 0 bridgehead atoms. The third-order valence-electron chi connectivity index (χ3n) is 3.30. The first kappa shape index (κ1) is 8.49. The first-order valence-electron chi connectivity index (χ1n) is 4.94. The Labute approximate surface area is 87.3 Å². The second kappa shape index (κ2) is 2.60. The Balaban J connectivity index is 2.05. The molecule has 15 heavy (non-hydrogen) atoms. The van der Waals surface area contributed by atoms with Gasteiger partial charge in [0.2, 0.25) is 0 Å². The summed E-state index contributed by atoms with van der Waals surface area (Å²) in [6.07, 6.45) is 0.649. The van der Waals surface area contributed by atoms with Crippen LogP contribution in [0.25, 0.3) is 0 Å². The predicted octanol–water partition coefficient (Wildman–Crippen LogP) is 1.79. The number of rotatable bonds is 0. The topological polar surface area (TPSA) is 50.1 Å². The van der Waals surface area contributed by atoms with Crippen LogP contribution in [0.15, 0.2) is 24.3 Å². The summed E-state index contributed by atoms with van der Waals surface area (Å²) in [6, 6.07) is 9.39. The Morgan fingerprint density at radius 1 is 1.47 bits per heavy atom. The molecule has 0 saturated heterocycles. The lowest BCUT2D eigenvalue weighted by molar-refractivity contribution is 0.0786. The molecule has 1 heterocycles. The van der Waals surface area contributed by atoms with E-state index >= 15 is 0 Å². The van der Waals surface area contributed by atoms with E-state index in [0.717, 1.165) is 0 Å². The zero-order valence-corrected chi connectivity index (χ0v) is 8.06. The fraction of sp³-hybridized carbons (Fsp3) is 0.333. The number of Topliss-reactive ketones (excluding diaryl/α,β-unsaturated/α-hetero) is 1. The molecule has 1 aliphatic carbocycles. The third kappa shape index (κ3) is 0.964. The van der Waals surface area contributed by atoms with Crippen LogP contribution in [-0.4, -0.2) is 12.4 Å². The Morgan fingerprint density at radius 2 is 2.27 bits per heavy atom. The molecule has 1 aromatic carbocycles. The lowest BCUT2D eigenvalue weighted by Crippen LogP contribution is -2.31. The summed E-state index contributed by atoms with van der Waals surface area (Å²) in [4.78, 5) is 12.1. The summed E-state index contributed by atoms with van der Waals surface area (Å²) in [6.45, 7) is 0.362. The lowest BCUT2D eigenvalue weighted by atomic mass is 9.90. The first-order chi connectivity index (χ1) is 7.28. The van der Waals surface area contributed by atoms with Crippen molar-refractivity contribution in [1.29, 1.82) is 5.26 Å². The maximum absolute atomic E-state index is 12.1. The zero-order valence-electron chi connectivity index (χ0n) is 8.06. The normalized spacial score (nSPS) is 31.7. The summed E-state index contributed by atoms with van der Waals surface area (Å²) >= 11 is 0. The number of carbonyl (C=O) groups excluding carboxylic acids is 1. The molecule has 3 nitrogen and oxygen atoms in total. The highest BCUT2D eigenvalue weighted by atomic mass is 16.5. The van der Waals surface area contributed by atoms with Crippen molar-refractivity contribution in [2.24, 2.45) is 11.3 Å². The molecule has 1 fully saturated rings. The molecule has 0 aromatic heterocycles. The molecule has 1 aromatic rings. The molecule has 74 valence electrons. The second-order valence-electron chi connectivity index (χ2n) is 4.16. The van der Waals surface area contributed by atoms with E-state index in [-0.39, 0.29) is 11.7 Å². The number of hydrogen-bond acceptors (Lipinski definition) is 3. The van der Waals surface area contributed by atoms with Gasteiger partial charge in [0.05, 0.1) is 23.0 Å². The van der Waals surface area contributed by atoms with E-state index < -0.39 is 5.41 Å². The van der Waals surface area contributed by atoms with Crippen molar-refractivity contribution < 1.29 is 9.53 Å². The smallest absolute Gasteiger partial charge is 0.177 e. The molecule has 0 N–H and O–H groups in total. The van der Waals surface area contributed by atoms with Crippen LogP contribution in [0, 0.1) is 22.7 Å². The number of ketones is 1. The molecule has 2 atom stereocenters. The van der Waals surface area contributed by atoms with Crippen molar-refractivity contribution in [3.8, 4) is 11.8 Å². The Bertz CT molecular complexity index is 489. The van der Waals surface area contributed by atoms with Gasteiger partial charge >= 0.3 is 0 Å². The zero-order chi connectivity index (χ0) is 10.5.